The van der Waals surface area contributed by atoms with Crippen molar-refractivity contribution in [1.29, 1.82) is 0 Å². The number of piperidine rings is 1. The van der Waals surface area contributed by atoms with E-state index in [1.165, 1.54) is 0 Å². The minimum atomic E-state index is -0.00236. The highest BCUT2D eigenvalue weighted by molar-refractivity contribution is 5.93. The third kappa shape index (κ3) is 3.59. The van der Waals surface area contributed by atoms with E-state index in [1.54, 1.807) is 20.3 Å². The van der Waals surface area contributed by atoms with Gasteiger partial charge in [-0.05, 0) is 37.0 Å². The molecule has 1 unspecified atom stereocenters. The maximum Gasteiger partial charge on any atom is 0.271 e. The summed E-state index contributed by atoms with van der Waals surface area (Å²) >= 11 is 0. The average Bonchev–Trinajstić information content (AvgIpc) is 3.12. The van der Waals surface area contributed by atoms with Crippen molar-refractivity contribution in [2.75, 3.05) is 33.9 Å². The van der Waals surface area contributed by atoms with Crippen molar-refractivity contribution in [2.24, 2.45) is 5.92 Å². The SMILES string of the molecule is COCC1CCCN(C(=O)c2cc(-c3cccc(OC)c3)n[nH]2)C1. The van der Waals surface area contributed by atoms with E-state index in [0.29, 0.717) is 18.2 Å². The zero-order valence-electron chi connectivity index (χ0n) is 14.1. The summed E-state index contributed by atoms with van der Waals surface area (Å²) in [5.74, 6) is 1.17. The van der Waals surface area contributed by atoms with Crippen molar-refractivity contribution < 1.29 is 14.3 Å². The fourth-order valence-electron chi connectivity index (χ4n) is 3.15. The molecule has 6 nitrogen and oxygen atoms in total. The fraction of sp³-hybridized carbons (Fsp3) is 0.444. The zero-order valence-corrected chi connectivity index (χ0v) is 14.1. The van der Waals surface area contributed by atoms with Crippen LogP contribution in [0.25, 0.3) is 11.3 Å². The van der Waals surface area contributed by atoms with Gasteiger partial charge in [-0.2, -0.15) is 5.10 Å². The molecule has 6 heteroatoms. The zero-order chi connectivity index (χ0) is 16.9. The number of benzene rings is 1. The van der Waals surface area contributed by atoms with E-state index in [9.17, 15) is 4.79 Å². The Labute approximate surface area is 141 Å². The number of nitrogens with one attached hydrogen (secondary N) is 1. The molecular weight excluding hydrogens is 306 g/mol. The molecular formula is C18H23N3O3. The molecule has 1 atom stereocenters. The third-order valence-electron chi connectivity index (χ3n) is 4.38. The number of methoxy groups -OCH3 is 2. The quantitative estimate of drug-likeness (QED) is 0.915. The molecule has 1 fully saturated rings. The molecule has 1 amide bonds. The van der Waals surface area contributed by atoms with Gasteiger partial charge in [0.1, 0.15) is 11.4 Å². The minimum Gasteiger partial charge on any atom is -0.497 e. The lowest BCUT2D eigenvalue weighted by Gasteiger charge is -2.32. The Morgan fingerprint density at radius 3 is 3.04 bits per heavy atom. The first-order valence-electron chi connectivity index (χ1n) is 8.19. The molecule has 0 spiro atoms. The van der Waals surface area contributed by atoms with Gasteiger partial charge in [0.2, 0.25) is 0 Å². The van der Waals surface area contributed by atoms with Gasteiger partial charge in [-0.3, -0.25) is 9.89 Å². The van der Waals surface area contributed by atoms with Crippen molar-refractivity contribution >= 4 is 5.91 Å². The molecule has 3 rings (SSSR count). The van der Waals surface area contributed by atoms with Crippen LogP contribution in [-0.2, 0) is 4.74 Å². The maximum absolute atomic E-state index is 12.7. The molecule has 1 saturated heterocycles. The monoisotopic (exact) mass is 329 g/mol. The normalized spacial score (nSPS) is 17.8. The highest BCUT2D eigenvalue weighted by atomic mass is 16.5. The molecule has 24 heavy (non-hydrogen) atoms. The van der Waals surface area contributed by atoms with Crippen LogP contribution in [0.15, 0.2) is 30.3 Å². The summed E-state index contributed by atoms with van der Waals surface area (Å²) in [6.45, 7) is 2.22. The highest BCUT2D eigenvalue weighted by Crippen LogP contribution is 2.24. The molecule has 1 aliphatic rings. The lowest BCUT2D eigenvalue weighted by atomic mass is 9.98. The molecule has 0 bridgehead atoms. The van der Waals surface area contributed by atoms with Gasteiger partial charge in [0.25, 0.3) is 5.91 Å². The molecule has 0 radical (unpaired) electrons. The second kappa shape index (κ2) is 7.49. The van der Waals surface area contributed by atoms with E-state index >= 15 is 0 Å². The fourth-order valence-corrected chi connectivity index (χ4v) is 3.15. The Balaban J connectivity index is 1.73. The summed E-state index contributed by atoms with van der Waals surface area (Å²) in [7, 11) is 3.33. The second-order valence-electron chi connectivity index (χ2n) is 6.11. The summed E-state index contributed by atoms with van der Waals surface area (Å²) in [5, 5.41) is 7.15. The number of hydrogen-bond donors (Lipinski definition) is 1. The van der Waals surface area contributed by atoms with Gasteiger partial charge in [-0.15, -0.1) is 0 Å². The number of likely N-dealkylation sites (tertiary alicyclic amines) is 1. The molecule has 2 heterocycles. The summed E-state index contributed by atoms with van der Waals surface area (Å²) in [6.07, 6.45) is 2.12. The number of aromatic amines is 1. The number of ether oxygens (including phenoxy) is 2. The molecule has 128 valence electrons. The molecule has 1 N–H and O–H groups in total. The number of carbonyl (C=O) groups is 1. The topological polar surface area (TPSA) is 67.4 Å². The molecule has 1 aromatic heterocycles. The first kappa shape index (κ1) is 16.5. The summed E-state index contributed by atoms with van der Waals surface area (Å²) in [5.41, 5.74) is 2.18. The van der Waals surface area contributed by atoms with E-state index in [-0.39, 0.29) is 5.91 Å². The number of amides is 1. The Hall–Kier alpha value is -2.34. The van der Waals surface area contributed by atoms with Gasteiger partial charge < -0.3 is 14.4 Å². The van der Waals surface area contributed by atoms with Gasteiger partial charge in [-0.25, -0.2) is 0 Å². The van der Waals surface area contributed by atoms with Crippen LogP contribution >= 0.6 is 0 Å². The maximum atomic E-state index is 12.7. The Morgan fingerprint density at radius 1 is 1.38 bits per heavy atom. The summed E-state index contributed by atoms with van der Waals surface area (Å²) in [4.78, 5) is 14.6. The number of aromatic nitrogens is 2. The highest BCUT2D eigenvalue weighted by Gasteiger charge is 2.25. The van der Waals surface area contributed by atoms with Crippen molar-refractivity contribution in [1.82, 2.24) is 15.1 Å². The van der Waals surface area contributed by atoms with E-state index in [4.69, 9.17) is 9.47 Å². The predicted octanol–water partition coefficient (Wildman–Crippen LogP) is 2.58. The van der Waals surface area contributed by atoms with Crippen LogP contribution in [0.2, 0.25) is 0 Å². The summed E-state index contributed by atoms with van der Waals surface area (Å²) < 4.78 is 10.5. The van der Waals surface area contributed by atoms with Gasteiger partial charge >= 0.3 is 0 Å². The van der Waals surface area contributed by atoms with Crippen LogP contribution in [0.1, 0.15) is 23.3 Å². The van der Waals surface area contributed by atoms with Crippen molar-refractivity contribution in [2.45, 2.75) is 12.8 Å². The molecule has 0 saturated carbocycles. The molecule has 1 aliphatic heterocycles. The van der Waals surface area contributed by atoms with Gasteiger partial charge in [0.15, 0.2) is 0 Å². The summed E-state index contributed by atoms with van der Waals surface area (Å²) in [6, 6.07) is 9.44. The van der Waals surface area contributed by atoms with E-state index in [1.807, 2.05) is 29.2 Å². The van der Waals surface area contributed by atoms with Crippen LogP contribution in [-0.4, -0.2) is 54.9 Å². The van der Waals surface area contributed by atoms with Crippen LogP contribution in [0.5, 0.6) is 5.75 Å². The van der Waals surface area contributed by atoms with E-state index < -0.39 is 0 Å². The Bertz CT molecular complexity index is 696. The second-order valence-corrected chi connectivity index (χ2v) is 6.11. The number of H-pyrrole nitrogens is 1. The first-order valence-corrected chi connectivity index (χ1v) is 8.19. The van der Waals surface area contributed by atoms with Gasteiger partial charge in [0, 0.05) is 25.8 Å². The van der Waals surface area contributed by atoms with Crippen molar-refractivity contribution in [3.63, 3.8) is 0 Å². The number of nitrogens with zero attached hydrogens (tertiary/aromatic N) is 2. The van der Waals surface area contributed by atoms with Crippen molar-refractivity contribution in [3.05, 3.63) is 36.0 Å². The predicted molar refractivity (Wildman–Crippen MR) is 91.1 cm³/mol. The van der Waals surface area contributed by atoms with E-state index in [2.05, 4.69) is 10.2 Å². The van der Waals surface area contributed by atoms with Crippen LogP contribution < -0.4 is 4.74 Å². The number of carbonyl (C=O) groups excluding carboxylic acids is 1. The van der Waals surface area contributed by atoms with Crippen LogP contribution in [0.4, 0.5) is 0 Å². The van der Waals surface area contributed by atoms with Gasteiger partial charge in [0.05, 0.1) is 19.4 Å². The standard InChI is InChI=1S/C18H23N3O3/c1-23-12-13-5-4-8-21(11-13)18(22)17-10-16(19-20-17)14-6-3-7-15(9-14)24-2/h3,6-7,9-10,13H,4-5,8,11-12H2,1-2H3,(H,19,20). The lowest BCUT2D eigenvalue weighted by molar-refractivity contribution is 0.0565. The lowest BCUT2D eigenvalue weighted by Crippen LogP contribution is -2.41. The van der Waals surface area contributed by atoms with Crippen molar-refractivity contribution in [3.8, 4) is 17.0 Å². The number of rotatable bonds is 5. The number of hydrogen-bond acceptors (Lipinski definition) is 4. The third-order valence-corrected chi connectivity index (χ3v) is 4.38. The van der Waals surface area contributed by atoms with Gasteiger partial charge in [-0.1, -0.05) is 12.1 Å². The smallest absolute Gasteiger partial charge is 0.271 e. The minimum absolute atomic E-state index is 0.00236. The first-order chi connectivity index (χ1) is 11.7. The van der Waals surface area contributed by atoms with E-state index in [0.717, 1.165) is 42.9 Å². The van der Waals surface area contributed by atoms with Crippen LogP contribution in [0, 0.1) is 5.92 Å². The molecule has 2 aromatic rings. The molecule has 1 aromatic carbocycles. The largest absolute Gasteiger partial charge is 0.497 e. The Morgan fingerprint density at radius 2 is 2.25 bits per heavy atom. The Kier molecular flexibility index (Phi) is 5.15. The average molecular weight is 329 g/mol. The van der Waals surface area contributed by atoms with Crippen LogP contribution in [0.3, 0.4) is 0 Å². The molecule has 0 aliphatic carbocycles.